The number of carbonyl (C=O) groups is 2. The summed E-state index contributed by atoms with van der Waals surface area (Å²) < 4.78 is 19.1. The lowest BCUT2D eigenvalue weighted by atomic mass is 9.97. The van der Waals surface area contributed by atoms with Crippen molar-refractivity contribution >= 4 is 11.9 Å². The van der Waals surface area contributed by atoms with Crippen molar-refractivity contribution in [3.63, 3.8) is 0 Å². The van der Waals surface area contributed by atoms with Crippen LogP contribution < -0.4 is 5.32 Å². The first-order valence-electron chi connectivity index (χ1n) is 11.4. The number of ether oxygens (including phenoxy) is 1. The number of pyridine rings is 1. The Labute approximate surface area is 192 Å². The van der Waals surface area contributed by atoms with Gasteiger partial charge in [0.15, 0.2) is 0 Å². The Balaban J connectivity index is 1.25. The van der Waals surface area contributed by atoms with Crippen molar-refractivity contribution in [1.29, 1.82) is 0 Å². The average Bonchev–Trinajstić information content (AvgIpc) is 2.85. The third-order valence-electron chi connectivity index (χ3n) is 6.75. The number of amides is 3. The quantitative estimate of drug-likeness (QED) is 0.765. The van der Waals surface area contributed by atoms with E-state index in [9.17, 15) is 14.0 Å². The van der Waals surface area contributed by atoms with Crippen molar-refractivity contribution in [2.45, 2.75) is 24.6 Å². The first-order valence-corrected chi connectivity index (χ1v) is 11.4. The van der Waals surface area contributed by atoms with Crippen molar-refractivity contribution in [2.24, 2.45) is 0 Å². The first kappa shape index (κ1) is 21.8. The zero-order valence-corrected chi connectivity index (χ0v) is 18.4. The molecule has 8 nitrogen and oxygen atoms in total. The molecule has 5 rings (SSSR count). The summed E-state index contributed by atoms with van der Waals surface area (Å²) in [5, 5.41) is 2.95. The van der Waals surface area contributed by atoms with Gasteiger partial charge in [-0.2, -0.15) is 0 Å². The largest absolute Gasteiger partial charge is 0.366 e. The average molecular weight is 454 g/mol. The van der Waals surface area contributed by atoms with Gasteiger partial charge in [0.2, 0.25) is 5.91 Å². The second-order valence-electron chi connectivity index (χ2n) is 8.80. The molecule has 0 aliphatic carbocycles. The molecule has 3 saturated heterocycles. The van der Waals surface area contributed by atoms with Crippen molar-refractivity contribution in [3.05, 3.63) is 65.7 Å². The predicted molar refractivity (Wildman–Crippen MR) is 119 cm³/mol. The number of carbonyl (C=O) groups excluding carboxylic acids is 2. The number of piperazine rings is 1. The van der Waals surface area contributed by atoms with Gasteiger partial charge in [0, 0.05) is 51.7 Å². The van der Waals surface area contributed by atoms with Crippen LogP contribution in [-0.2, 0) is 9.53 Å². The molecule has 1 N–H and O–H groups in total. The fourth-order valence-electron chi connectivity index (χ4n) is 5.05. The molecule has 0 saturated carbocycles. The number of rotatable bonds is 3. The minimum Gasteiger partial charge on any atom is -0.366 e. The minimum atomic E-state index is -0.258. The van der Waals surface area contributed by atoms with Crippen LogP contribution in [-0.4, -0.2) is 89.6 Å². The van der Waals surface area contributed by atoms with Gasteiger partial charge in [0.1, 0.15) is 12.4 Å². The first-order chi connectivity index (χ1) is 16.1. The molecule has 4 heterocycles. The lowest BCUT2D eigenvalue weighted by Crippen LogP contribution is -2.63. The zero-order chi connectivity index (χ0) is 22.8. The number of morpholine rings is 1. The van der Waals surface area contributed by atoms with E-state index >= 15 is 0 Å². The summed E-state index contributed by atoms with van der Waals surface area (Å²) in [6.45, 7) is 3.83. The van der Waals surface area contributed by atoms with Gasteiger partial charge in [-0.05, 0) is 41.8 Å². The highest BCUT2D eigenvalue weighted by Crippen LogP contribution is 2.30. The third kappa shape index (κ3) is 4.69. The van der Waals surface area contributed by atoms with Crippen LogP contribution in [0.15, 0.2) is 48.8 Å². The van der Waals surface area contributed by atoms with Gasteiger partial charge in [0.25, 0.3) is 0 Å². The van der Waals surface area contributed by atoms with E-state index in [0.717, 1.165) is 17.5 Å². The maximum Gasteiger partial charge on any atom is 0.320 e. The van der Waals surface area contributed by atoms with Gasteiger partial charge in [-0.25, -0.2) is 9.18 Å². The number of aromatic nitrogens is 1. The fourth-order valence-corrected chi connectivity index (χ4v) is 5.05. The molecule has 174 valence electrons. The van der Waals surface area contributed by atoms with Crippen LogP contribution >= 0.6 is 0 Å². The fraction of sp³-hybridized carbons (Fsp3) is 0.458. The van der Waals surface area contributed by atoms with E-state index in [0.29, 0.717) is 39.3 Å². The highest BCUT2D eigenvalue weighted by molar-refractivity contribution is 5.79. The van der Waals surface area contributed by atoms with E-state index in [4.69, 9.17) is 4.74 Å². The van der Waals surface area contributed by atoms with E-state index < -0.39 is 0 Å². The number of nitrogens with one attached hydrogen (secondary N) is 1. The number of urea groups is 1. The normalized spacial score (nSPS) is 24.7. The van der Waals surface area contributed by atoms with E-state index in [-0.39, 0.29) is 42.6 Å². The number of hydrogen-bond donors (Lipinski definition) is 1. The van der Waals surface area contributed by atoms with Crippen molar-refractivity contribution in [2.75, 3.05) is 45.9 Å². The van der Waals surface area contributed by atoms with Crippen molar-refractivity contribution in [3.8, 4) is 0 Å². The zero-order valence-electron chi connectivity index (χ0n) is 18.4. The molecule has 33 heavy (non-hydrogen) atoms. The number of fused-ring (bicyclic) bond motifs is 1. The highest BCUT2D eigenvalue weighted by atomic mass is 19.1. The lowest BCUT2D eigenvalue weighted by molar-refractivity contribution is -0.139. The molecular weight excluding hydrogens is 425 g/mol. The number of hydrogen-bond acceptors (Lipinski definition) is 5. The molecule has 3 atom stereocenters. The lowest BCUT2D eigenvalue weighted by Gasteiger charge is -2.44. The summed E-state index contributed by atoms with van der Waals surface area (Å²) in [5.41, 5.74) is 2.10. The molecule has 1 unspecified atom stereocenters. The predicted octanol–water partition coefficient (Wildman–Crippen LogP) is 1.64. The van der Waals surface area contributed by atoms with Gasteiger partial charge < -0.3 is 19.9 Å². The van der Waals surface area contributed by atoms with E-state index in [1.165, 1.54) is 12.1 Å². The van der Waals surface area contributed by atoms with Crippen LogP contribution in [0.25, 0.3) is 0 Å². The summed E-state index contributed by atoms with van der Waals surface area (Å²) in [4.78, 5) is 35.0. The number of halogens is 1. The molecule has 2 aromatic rings. The van der Waals surface area contributed by atoms with Crippen LogP contribution in [0, 0.1) is 5.82 Å². The van der Waals surface area contributed by atoms with Crippen LogP contribution in [0.5, 0.6) is 0 Å². The van der Waals surface area contributed by atoms with Gasteiger partial charge in [0.05, 0.1) is 18.2 Å². The molecule has 3 aliphatic rings. The molecule has 9 heteroatoms. The van der Waals surface area contributed by atoms with Crippen LogP contribution in [0.2, 0.25) is 0 Å². The SMILES string of the molecule is O=C1CO[C@H]2CCN(C(=O)N3CCN(C(c4ccncc4)c4ccc(F)cc4)CC3)C[C@H]2N1. The molecule has 3 fully saturated rings. The monoisotopic (exact) mass is 453 g/mol. The van der Waals surface area contributed by atoms with Gasteiger partial charge in [-0.1, -0.05) is 12.1 Å². The number of benzene rings is 1. The van der Waals surface area contributed by atoms with Gasteiger partial charge in [-0.3, -0.25) is 14.7 Å². The minimum absolute atomic E-state index is 0.00941. The number of piperidine rings is 1. The molecular formula is C24H28FN5O3. The van der Waals surface area contributed by atoms with E-state index in [2.05, 4.69) is 15.2 Å². The Bertz CT molecular complexity index is 981. The Morgan fingerprint density at radius 1 is 1.00 bits per heavy atom. The Morgan fingerprint density at radius 2 is 1.70 bits per heavy atom. The Hall–Kier alpha value is -3.04. The van der Waals surface area contributed by atoms with Crippen molar-refractivity contribution in [1.82, 2.24) is 25.0 Å². The van der Waals surface area contributed by atoms with Crippen LogP contribution in [0.4, 0.5) is 9.18 Å². The highest BCUT2D eigenvalue weighted by Gasteiger charge is 2.38. The van der Waals surface area contributed by atoms with Crippen LogP contribution in [0.3, 0.4) is 0 Å². The summed E-state index contributed by atoms with van der Waals surface area (Å²) >= 11 is 0. The topological polar surface area (TPSA) is 78.0 Å². The second kappa shape index (κ2) is 9.44. The summed E-state index contributed by atoms with van der Waals surface area (Å²) in [5.74, 6) is -0.381. The molecule has 0 radical (unpaired) electrons. The van der Waals surface area contributed by atoms with Crippen LogP contribution in [0.1, 0.15) is 23.6 Å². The standard InChI is InChI=1S/C24H28FN5O3/c25-19-3-1-17(2-4-19)23(18-5-8-26-9-6-18)28-11-13-29(14-12-28)24(32)30-10-7-21-20(15-30)27-22(31)16-33-21/h1-6,8-9,20-21,23H,7,10-16H2,(H,27,31)/t20-,21+,23?/m1/s1. The third-order valence-corrected chi connectivity index (χ3v) is 6.75. The molecule has 3 amide bonds. The molecule has 1 aromatic heterocycles. The Kier molecular flexibility index (Phi) is 6.24. The maximum atomic E-state index is 13.5. The van der Waals surface area contributed by atoms with E-state index in [1.54, 1.807) is 12.4 Å². The van der Waals surface area contributed by atoms with E-state index in [1.807, 2.05) is 34.1 Å². The molecule has 0 bridgehead atoms. The number of likely N-dealkylation sites (tertiary alicyclic amines) is 1. The molecule has 3 aliphatic heterocycles. The Morgan fingerprint density at radius 3 is 2.42 bits per heavy atom. The summed E-state index contributed by atoms with van der Waals surface area (Å²) in [6.07, 6.45) is 4.25. The van der Waals surface area contributed by atoms with Gasteiger partial charge >= 0.3 is 6.03 Å². The number of nitrogens with zero attached hydrogens (tertiary/aromatic N) is 4. The maximum absolute atomic E-state index is 13.5. The molecule has 1 aromatic carbocycles. The molecule has 0 spiro atoms. The van der Waals surface area contributed by atoms with Gasteiger partial charge in [-0.15, -0.1) is 0 Å². The smallest absolute Gasteiger partial charge is 0.320 e. The second-order valence-corrected chi connectivity index (χ2v) is 8.80. The summed E-state index contributed by atoms with van der Waals surface area (Å²) in [6, 6.07) is 10.4. The van der Waals surface area contributed by atoms with Crippen molar-refractivity contribution < 1.29 is 18.7 Å². The summed E-state index contributed by atoms with van der Waals surface area (Å²) in [7, 11) is 0.